The Labute approximate surface area is 185 Å². The van der Waals surface area contributed by atoms with E-state index in [0.717, 1.165) is 8.87 Å². The average Bonchev–Trinajstić information content (AvgIpc) is 3.14. The Morgan fingerprint density at radius 3 is 2.19 bits per heavy atom. The molecular formula is C24H21NO4S2. The van der Waals surface area contributed by atoms with Crippen LogP contribution in [0.25, 0.3) is 10.9 Å². The van der Waals surface area contributed by atoms with Crippen molar-refractivity contribution in [3.05, 3.63) is 96.2 Å². The van der Waals surface area contributed by atoms with Crippen molar-refractivity contribution in [1.82, 2.24) is 3.97 Å². The molecule has 0 N–H and O–H groups in total. The third kappa shape index (κ3) is 4.11. The zero-order valence-corrected chi connectivity index (χ0v) is 18.5. The summed E-state index contributed by atoms with van der Waals surface area (Å²) in [4.78, 5) is 14.2. The normalized spacial score (nSPS) is 11.5. The molecule has 5 nitrogen and oxygen atoms in total. The minimum Gasteiger partial charge on any atom is -0.461 e. The summed E-state index contributed by atoms with van der Waals surface area (Å²) in [7, 11) is -4.02. The second kappa shape index (κ2) is 8.99. The second-order valence-electron chi connectivity index (χ2n) is 6.75. The maximum absolute atomic E-state index is 13.6. The highest BCUT2D eigenvalue weighted by Gasteiger charge is 2.31. The number of hydrogen-bond donors (Lipinski definition) is 0. The number of carbonyl (C=O) groups is 1. The molecule has 0 aliphatic carbocycles. The van der Waals surface area contributed by atoms with Gasteiger partial charge in [-0.25, -0.2) is 17.2 Å². The Balaban J connectivity index is 1.95. The van der Waals surface area contributed by atoms with Crippen LogP contribution in [0.2, 0.25) is 0 Å². The Morgan fingerprint density at radius 2 is 1.52 bits per heavy atom. The molecule has 1 heterocycles. The smallest absolute Gasteiger partial charge is 0.356 e. The van der Waals surface area contributed by atoms with Gasteiger partial charge in [0, 0.05) is 21.6 Å². The molecular weight excluding hydrogens is 430 g/mol. The zero-order valence-electron chi connectivity index (χ0n) is 16.9. The molecule has 4 aromatic rings. The molecule has 1 aromatic heterocycles. The SMILES string of the molecule is CCOC(=O)c1c(CSc2ccccc2)c2ccccc2n1S(=O)(=O)c1ccccc1. The summed E-state index contributed by atoms with van der Waals surface area (Å²) >= 11 is 1.54. The van der Waals surface area contributed by atoms with E-state index in [9.17, 15) is 13.2 Å². The number of fused-ring (bicyclic) bond motifs is 1. The average molecular weight is 452 g/mol. The fourth-order valence-electron chi connectivity index (χ4n) is 3.45. The number of rotatable bonds is 7. The largest absolute Gasteiger partial charge is 0.461 e. The molecule has 158 valence electrons. The lowest BCUT2D eigenvalue weighted by molar-refractivity contribution is 0.0517. The van der Waals surface area contributed by atoms with Crippen LogP contribution in [0.5, 0.6) is 0 Å². The van der Waals surface area contributed by atoms with Crippen LogP contribution in [0.15, 0.2) is 94.7 Å². The van der Waals surface area contributed by atoms with E-state index >= 15 is 0 Å². The van der Waals surface area contributed by atoms with Crippen LogP contribution in [-0.4, -0.2) is 25.0 Å². The minimum absolute atomic E-state index is 0.0512. The summed E-state index contributed by atoms with van der Waals surface area (Å²) in [5, 5.41) is 0.716. The van der Waals surface area contributed by atoms with Crippen LogP contribution < -0.4 is 0 Å². The molecule has 0 bridgehead atoms. The van der Waals surface area contributed by atoms with E-state index in [1.54, 1.807) is 49.0 Å². The number of benzene rings is 3. The van der Waals surface area contributed by atoms with E-state index in [-0.39, 0.29) is 17.2 Å². The molecule has 0 aliphatic rings. The maximum atomic E-state index is 13.6. The van der Waals surface area contributed by atoms with Crippen molar-refractivity contribution in [3.63, 3.8) is 0 Å². The zero-order chi connectivity index (χ0) is 21.8. The van der Waals surface area contributed by atoms with Gasteiger partial charge in [0.1, 0.15) is 5.69 Å². The Morgan fingerprint density at radius 1 is 0.903 bits per heavy atom. The molecule has 0 fully saturated rings. The van der Waals surface area contributed by atoms with Crippen molar-refractivity contribution in [1.29, 1.82) is 0 Å². The number of nitrogens with zero attached hydrogens (tertiary/aromatic N) is 1. The molecule has 0 unspecified atom stereocenters. The number of thioether (sulfide) groups is 1. The molecule has 3 aromatic carbocycles. The van der Waals surface area contributed by atoms with Gasteiger partial charge < -0.3 is 4.74 Å². The van der Waals surface area contributed by atoms with E-state index in [1.165, 1.54) is 12.1 Å². The van der Waals surface area contributed by atoms with Gasteiger partial charge in [-0.15, -0.1) is 11.8 Å². The first-order chi connectivity index (χ1) is 15.0. The topological polar surface area (TPSA) is 65.4 Å². The quantitative estimate of drug-likeness (QED) is 0.280. The predicted octanol–water partition coefficient (Wildman–Crippen LogP) is 5.35. The molecule has 0 spiro atoms. The number of esters is 1. The van der Waals surface area contributed by atoms with Gasteiger partial charge in [0.15, 0.2) is 0 Å². The number of carbonyl (C=O) groups excluding carboxylic acids is 1. The third-order valence-electron chi connectivity index (χ3n) is 4.81. The van der Waals surface area contributed by atoms with Gasteiger partial charge in [-0.3, -0.25) is 0 Å². The van der Waals surface area contributed by atoms with E-state index in [1.807, 2.05) is 42.5 Å². The Bertz CT molecular complexity index is 1310. The van der Waals surface area contributed by atoms with Gasteiger partial charge >= 0.3 is 5.97 Å². The minimum atomic E-state index is -4.02. The van der Waals surface area contributed by atoms with E-state index in [0.29, 0.717) is 22.2 Å². The lowest BCUT2D eigenvalue weighted by Gasteiger charge is -2.12. The van der Waals surface area contributed by atoms with Crippen LogP contribution >= 0.6 is 11.8 Å². The van der Waals surface area contributed by atoms with Crippen molar-refractivity contribution in [2.24, 2.45) is 0 Å². The van der Waals surface area contributed by atoms with Gasteiger partial charge in [0.05, 0.1) is 17.0 Å². The van der Waals surface area contributed by atoms with Gasteiger partial charge in [0.25, 0.3) is 10.0 Å². The van der Waals surface area contributed by atoms with Gasteiger partial charge in [-0.05, 0) is 37.3 Å². The molecule has 0 radical (unpaired) electrons. The molecule has 7 heteroatoms. The van der Waals surface area contributed by atoms with Crippen molar-refractivity contribution in [3.8, 4) is 0 Å². The van der Waals surface area contributed by atoms with Crippen molar-refractivity contribution >= 4 is 38.7 Å². The van der Waals surface area contributed by atoms with E-state index in [4.69, 9.17) is 4.74 Å². The molecule has 0 amide bonds. The summed E-state index contributed by atoms with van der Waals surface area (Å²) in [5.41, 5.74) is 1.15. The van der Waals surface area contributed by atoms with Crippen LogP contribution in [0, 0.1) is 0 Å². The standard InChI is InChI=1S/C24H21NO4S2/c1-2-29-24(26)23-21(17-30-18-11-5-3-6-12-18)20-15-9-10-16-22(20)25(23)31(27,28)19-13-7-4-8-14-19/h3-16H,2,17H2,1H3. The highest BCUT2D eigenvalue weighted by Crippen LogP contribution is 2.35. The first-order valence-electron chi connectivity index (χ1n) is 9.82. The summed E-state index contributed by atoms with van der Waals surface area (Å²) in [6.45, 7) is 1.85. The maximum Gasteiger partial charge on any atom is 0.356 e. The number of hydrogen-bond acceptors (Lipinski definition) is 5. The van der Waals surface area contributed by atoms with Crippen LogP contribution in [-0.2, 0) is 20.5 Å². The fourth-order valence-corrected chi connectivity index (χ4v) is 5.96. The van der Waals surface area contributed by atoms with Crippen molar-refractivity contribution in [2.45, 2.75) is 22.5 Å². The highest BCUT2D eigenvalue weighted by molar-refractivity contribution is 7.98. The van der Waals surface area contributed by atoms with Crippen molar-refractivity contribution < 1.29 is 17.9 Å². The van der Waals surface area contributed by atoms with E-state index in [2.05, 4.69) is 0 Å². The second-order valence-corrected chi connectivity index (χ2v) is 9.58. The van der Waals surface area contributed by atoms with Crippen LogP contribution in [0.4, 0.5) is 0 Å². The summed E-state index contributed by atoms with van der Waals surface area (Å²) in [6.07, 6.45) is 0. The predicted molar refractivity (Wildman–Crippen MR) is 123 cm³/mol. The molecule has 0 saturated heterocycles. The Hall–Kier alpha value is -3.03. The van der Waals surface area contributed by atoms with Crippen LogP contribution in [0.1, 0.15) is 23.0 Å². The van der Waals surface area contributed by atoms with E-state index < -0.39 is 16.0 Å². The lowest BCUT2D eigenvalue weighted by atomic mass is 10.1. The molecule has 31 heavy (non-hydrogen) atoms. The first-order valence-corrected chi connectivity index (χ1v) is 12.2. The van der Waals surface area contributed by atoms with Gasteiger partial charge in [-0.2, -0.15) is 0 Å². The Kier molecular flexibility index (Phi) is 6.15. The molecule has 0 aliphatic heterocycles. The monoisotopic (exact) mass is 451 g/mol. The fraction of sp³-hybridized carbons (Fsp3) is 0.125. The summed E-state index contributed by atoms with van der Waals surface area (Å²) < 4.78 is 33.7. The number of para-hydroxylation sites is 1. The van der Waals surface area contributed by atoms with Crippen LogP contribution in [0.3, 0.4) is 0 Å². The first kappa shape index (κ1) is 21.2. The third-order valence-corrected chi connectivity index (χ3v) is 7.58. The van der Waals surface area contributed by atoms with Gasteiger partial charge in [0.2, 0.25) is 0 Å². The molecule has 0 saturated carbocycles. The van der Waals surface area contributed by atoms with Crippen molar-refractivity contribution in [2.75, 3.05) is 6.61 Å². The molecule has 0 atom stereocenters. The highest BCUT2D eigenvalue weighted by atomic mass is 32.2. The lowest BCUT2D eigenvalue weighted by Crippen LogP contribution is -2.21. The number of ether oxygens (including phenoxy) is 1. The summed E-state index contributed by atoms with van der Waals surface area (Å²) in [6, 6.07) is 25.1. The van der Waals surface area contributed by atoms with Gasteiger partial charge in [-0.1, -0.05) is 54.6 Å². The molecule has 4 rings (SSSR count). The number of aromatic nitrogens is 1. The summed E-state index contributed by atoms with van der Waals surface area (Å²) in [5.74, 6) is -0.224.